The fraction of sp³-hybridized carbons (Fsp3) is 0.500. The summed E-state index contributed by atoms with van der Waals surface area (Å²) in [7, 11) is 0. The Labute approximate surface area is 165 Å². The maximum Gasteiger partial charge on any atom is 0.410 e. The zero-order chi connectivity index (χ0) is 19.4. The number of anilines is 2. The van der Waals surface area contributed by atoms with Crippen LogP contribution >= 0.6 is 11.6 Å². The van der Waals surface area contributed by atoms with E-state index in [4.69, 9.17) is 22.1 Å². The number of hydrogen-bond donors (Lipinski definition) is 2. The van der Waals surface area contributed by atoms with Gasteiger partial charge in [-0.3, -0.25) is 0 Å². The Morgan fingerprint density at radius 3 is 2.70 bits per heavy atom. The van der Waals surface area contributed by atoms with Crippen LogP contribution in [0.3, 0.4) is 0 Å². The van der Waals surface area contributed by atoms with E-state index in [1.165, 1.54) is 0 Å². The highest BCUT2D eigenvalue weighted by Gasteiger charge is 2.32. The summed E-state index contributed by atoms with van der Waals surface area (Å²) in [6.45, 7) is 5.38. The Kier molecular flexibility index (Phi) is 6.26. The first-order valence-corrected chi connectivity index (χ1v) is 9.78. The molecule has 2 aliphatic rings. The van der Waals surface area contributed by atoms with Gasteiger partial charge in [0.15, 0.2) is 0 Å². The number of halogens is 1. The van der Waals surface area contributed by atoms with Crippen molar-refractivity contribution in [2.75, 3.05) is 24.1 Å². The molecule has 1 fully saturated rings. The monoisotopic (exact) mass is 390 g/mol. The summed E-state index contributed by atoms with van der Waals surface area (Å²) >= 11 is 5.89. The summed E-state index contributed by atoms with van der Waals surface area (Å²) in [4.78, 5) is 18.7. The van der Waals surface area contributed by atoms with Gasteiger partial charge < -0.3 is 20.7 Å². The van der Waals surface area contributed by atoms with E-state index in [1.807, 2.05) is 0 Å². The average molecular weight is 391 g/mol. The molecule has 3 atom stereocenters. The normalized spacial score (nSPS) is 27.9. The largest absolute Gasteiger partial charge is 0.445 e. The third kappa shape index (κ3) is 4.95. The summed E-state index contributed by atoms with van der Waals surface area (Å²) in [6, 6.07) is 1.75. The highest BCUT2D eigenvalue weighted by Crippen LogP contribution is 2.25. The number of nitrogens with one attached hydrogen (secondary N) is 1. The van der Waals surface area contributed by atoms with Gasteiger partial charge in [-0.15, -0.1) is 0 Å². The molecule has 27 heavy (non-hydrogen) atoms. The highest BCUT2D eigenvalue weighted by atomic mass is 35.5. The highest BCUT2D eigenvalue weighted by molar-refractivity contribution is 6.30. The van der Waals surface area contributed by atoms with E-state index in [0.29, 0.717) is 29.6 Å². The second-order valence-electron chi connectivity index (χ2n) is 7.33. The molecule has 0 radical (unpaired) electrons. The standard InChI is InChI=1S/C20H27ClN4O2/c1-13-6-4-3-5-7-14(2)18(13)27-20(26)25-9-8-16(12-25)24-19-17(22)10-15(21)11-23-19/h4-7,10-11,13-14,16,18H,3,8-9,12,22H2,1-2H3,(H,23,24). The van der Waals surface area contributed by atoms with Crippen LogP contribution in [0.4, 0.5) is 16.3 Å². The molecule has 0 aromatic carbocycles. The van der Waals surface area contributed by atoms with E-state index < -0.39 is 0 Å². The van der Waals surface area contributed by atoms with Crippen molar-refractivity contribution in [3.8, 4) is 0 Å². The minimum Gasteiger partial charge on any atom is -0.445 e. The van der Waals surface area contributed by atoms with Gasteiger partial charge in [0, 0.05) is 37.2 Å². The molecule has 1 aromatic heterocycles. The third-order valence-electron chi connectivity index (χ3n) is 5.10. The smallest absolute Gasteiger partial charge is 0.410 e. The van der Waals surface area contributed by atoms with Gasteiger partial charge in [0.25, 0.3) is 0 Å². The van der Waals surface area contributed by atoms with Crippen molar-refractivity contribution in [3.05, 3.63) is 41.6 Å². The molecule has 0 spiro atoms. The Morgan fingerprint density at radius 1 is 1.33 bits per heavy atom. The lowest BCUT2D eigenvalue weighted by atomic mass is 9.90. The number of nitrogen functional groups attached to an aromatic ring is 1. The second kappa shape index (κ2) is 8.65. The summed E-state index contributed by atoms with van der Waals surface area (Å²) < 4.78 is 5.87. The molecule has 146 valence electrons. The minimum absolute atomic E-state index is 0.0838. The Morgan fingerprint density at radius 2 is 2.04 bits per heavy atom. The molecule has 0 saturated carbocycles. The lowest BCUT2D eigenvalue weighted by Gasteiger charge is -2.29. The van der Waals surface area contributed by atoms with E-state index in [2.05, 4.69) is 48.5 Å². The van der Waals surface area contributed by atoms with E-state index in [9.17, 15) is 4.79 Å². The molecule has 1 saturated heterocycles. The molecule has 6 nitrogen and oxygen atoms in total. The van der Waals surface area contributed by atoms with E-state index >= 15 is 0 Å². The van der Waals surface area contributed by atoms with Gasteiger partial charge in [-0.1, -0.05) is 49.8 Å². The molecule has 3 N–H and O–H groups in total. The van der Waals surface area contributed by atoms with Gasteiger partial charge >= 0.3 is 6.09 Å². The predicted molar refractivity (Wildman–Crippen MR) is 109 cm³/mol. The van der Waals surface area contributed by atoms with Crippen LogP contribution in [0.1, 0.15) is 26.7 Å². The number of allylic oxidation sites excluding steroid dienone is 2. The molecular weight excluding hydrogens is 364 g/mol. The zero-order valence-electron chi connectivity index (χ0n) is 15.8. The lowest BCUT2D eigenvalue weighted by molar-refractivity contribution is 0.0342. The van der Waals surface area contributed by atoms with Crippen LogP contribution in [0.2, 0.25) is 5.02 Å². The summed E-state index contributed by atoms with van der Waals surface area (Å²) in [5, 5.41) is 3.79. The quantitative estimate of drug-likeness (QED) is 0.759. The Balaban J connectivity index is 1.57. The Hall–Kier alpha value is -2.21. The maximum absolute atomic E-state index is 12.7. The first-order valence-electron chi connectivity index (χ1n) is 9.40. The van der Waals surface area contributed by atoms with Crippen LogP contribution < -0.4 is 11.1 Å². The van der Waals surface area contributed by atoms with Crippen LogP contribution in [0.25, 0.3) is 0 Å². The molecule has 0 bridgehead atoms. The van der Waals surface area contributed by atoms with Crippen molar-refractivity contribution in [2.24, 2.45) is 11.8 Å². The van der Waals surface area contributed by atoms with Crippen molar-refractivity contribution in [3.63, 3.8) is 0 Å². The van der Waals surface area contributed by atoms with Crippen LogP contribution in [-0.4, -0.2) is 41.2 Å². The number of pyridine rings is 1. The first-order chi connectivity index (χ1) is 12.9. The molecule has 1 amide bonds. The van der Waals surface area contributed by atoms with Gasteiger partial charge in [0.1, 0.15) is 11.9 Å². The van der Waals surface area contributed by atoms with Crippen LogP contribution in [0.5, 0.6) is 0 Å². The predicted octanol–water partition coefficient (Wildman–Crippen LogP) is 4.10. The number of likely N-dealkylation sites (tertiary alicyclic amines) is 1. The number of hydrogen-bond acceptors (Lipinski definition) is 5. The number of ether oxygens (including phenoxy) is 1. The topological polar surface area (TPSA) is 80.5 Å². The molecular formula is C20H27ClN4O2. The summed E-state index contributed by atoms with van der Waals surface area (Å²) in [6.07, 6.45) is 11.4. The average Bonchev–Trinajstić information content (AvgIpc) is 3.09. The number of aromatic nitrogens is 1. The summed E-state index contributed by atoms with van der Waals surface area (Å²) in [5.41, 5.74) is 6.45. The minimum atomic E-state index is -0.262. The number of rotatable bonds is 3. The van der Waals surface area contributed by atoms with Crippen molar-refractivity contribution in [2.45, 2.75) is 38.8 Å². The van der Waals surface area contributed by atoms with Crippen molar-refractivity contribution >= 4 is 29.2 Å². The van der Waals surface area contributed by atoms with Crippen LogP contribution in [0, 0.1) is 11.8 Å². The molecule has 7 heteroatoms. The third-order valence-corrected chi connectivity index (χ3v) is 5.30. The number of nitrogens with two attached hydrogens (primary N) is 1. The fourth-order valence-corrected chi connectivity index (χ4v) is 3.75. The van der Waals surface area contributed by atoms with Crippen molar-refractivity contribution in [1.29, 1.82) is 0 Å². The van der Waals surface area contributed by atoms with Crippen LogP contribution in [0.15, 0.2) is 36.6 Å². The van der Waals surface area contributed by atoms with E-state index in [0.717, 1.165) is 12.8 Å². The zero-order valence-corrected chi connectivity index (χ0v) is 16.5. The first kappa shape index (κ1) is 19.5. The van der Waals surface area contributed by atoms with Gasteiger partial charge in [-0.25, -0.2) is 9.78 Å². The SMILES string of the molecule is CC1C=CCC=CC(C)C1OC(=O)N1CCC(Nc2ncc(Cl)cc2N)C1. The van der Waals surface area contributed by atoms with Crippen molar-refractivity contribution < 1.29 is 9.53 Å². The van der Waals surface area contributed by atoms with E-state index in [-0.39, 0.29) is 30.1 Å². The van der Waals surface area contributed by atoms with E-state index in [1.54, 1.807) is 17.2 Å². The van der Waals surface area contributed by atoms with Gasteiger partial charge in [-0.2, -0.15) is 0 Å². The molecule has 1 aromatic rings. The molecule has 3 rings (SSSR count). The van der Waals surface area contributed by atoms with Crippen molar-refractivity contribution in [1.82, 2.24) is 9.88 Å². The van der Waals surface area contributed by atoms with Crippen LogP contribution in [-0.2, 0) is 4.74 Å². The maximum atomic E-state index is 12.7. The molecule has 2 heterocycles. The number of carbonyl (C=O) groups excluding carboxylic acids is 1. The number of nitrogens with zero attached hydrogens (tertiary/aromatic N) is 2. The molecule has 1 aliphatic carbocycles. The van der Waals surface area contributed by atoms with Gasteiger partial charge in [0.2, 0.25) is 0 Å². The number of amides is 1. The second-order valence-corrected chi connectivity index (χ2v) is 7.76. The molecule has 3 unspecified atom stereocenters. The fourth-order valence-electron chi connectivity index (χ4n) is 3.58. The van der Waals surface area contributed by atoms with Gasteiger partial charge in [0.05, 0.1) is 10.7 Å². The summed E-state index contributed by atoms with van der Waals surface area (Å²) in [5.74, 6) is 0.962. The lowest BCUT2D eigenvalue weighted by Crippen LogP contribution is -2.38. The molecule has 1 aliphatic heterocycles. The van der Waals surface area contributed by atoms with Gasteiger partial charge in [-0.05, 0) is 18.9 Å². The number of carbonyl (C=O) groups is 1. The Bertz CT molecular complexity index is 719.